The molecule has 0 aliphatic heterocycles. The van der Waals surface area contributed by atoms with Crippen LogP contribution < -0.4 is 0 Å². The number of rotatable bonds is 5. The molecule has 1 aliphatic rings. The van der Waals surface area contributed by atoms with E-state index in [0.29, 0.717) is 18.6 Å². The van der Waals surface area contributed by atoms with Crippen LogP contribution in [0.15, 0.2) is 23.3 Å². The molecule has 0 heterocycles. The Kier molecular flexibility index (Phi) is 4.29. The first-order valence-electron chi connectivity index (χ1n) is 5.82. The molecule has 0 aromatic heterocycles. The summed E-state index contributed by atoms with van der Waals surface area (Å²) >= 11 is 0. The van der Waals surface area contributed by atoms with Gasteiger partial charge in [-0.1, -0.05) is 18.6 Å². The molecule has 18 heavy (non-hydrogen) atoms. The predicted molar refractivity (Wildman–Crippen MR) is 65.2 cm³/mol. The van der Waals surface area contributed by atoms with Gasteiger partial charge in [0, 0.05) is 6.61 Å². The maximum atomic E-state index is 11.5. The predicted octanol–water partition coefficient (Wildman–Crippen LogP) is 1.84. The molecule has 2 unspecified atom stereocenters. The minimum absolute atomic E-state index is 0.0149. The van der Waals surface area contributed by atoms with Crippen molar-refractivity contribution in [1.29, 1.82) is 0 Å². The Morgan fingerprint density at radius 3 is 2.44 bits per heavy atom. The topological polar surface area (TPSA) is 83.8 Å². The molecule has 2 N–H and O–H groups in total. The molecular weight excluding hydrogens is 236 g/mol. The zero-order chi connectivity index (χ0) is 13.9. The van der Waals surface area contributed by atoms with Crippen molar-refractivity contribution in [2.75, 3.05) is 6.61 Å². The molecule has 0 saturated carbocycles. The molecule has 5 nitrogen and oxygen atoms in total. The van der Waals surface area contributed by atoms with Crippen LogP contribution in [-0.2, 0) is 14.3 Å². The second-order valence-corrected chi connectivity index (χ2v) is 4.54. The third-order valence-corrected chi connectivity index (χ3v) is 3.32. The Morgan fingerprint density at radius 1 is 1.39 bits per heavy atom. The maximum Gasteiger partial charge on any atom is 0.334 e. The molecule has 0 amide bonds. The van der Waals surface area contributed by atoms with E-state index in [1.54, 1.807) is 6.92 Å². The minimum atomic E-state index is -1.34. The molecule has 0 fully saturated rings. The van der Waals surface area contributed by atoms with Crippen molar-refractivity contribution in [2.24, 2.45) is 5.41 Å². The van der Waals surface area contributed by atoms with E-state index in [4.69, 9.17) is 9.84 Å². The Balaban J connectivity index is 3.23. The second kappa shape index (κ2) is 5.35. The van der Waals surface area contributed by atoms with Gasteiger partial charge in [-0.25, -0.2) is 4.79 Å². The van der Waals surface area contributed by atoms with Crippen molar-refractivity contribution in [1.82, 2.24) is 0 Å². The number of carboxylic acids is 2. The average molecular weight is 254 g/mol. The largest absolute Gasteiger partial charge is 0.481 e. The van der Waals surface area contributed by atoms with E-state index in [9.17, 15) is 14.7 Å². The second-order valence-electron chi connectivity index (χ2n) is 4.54. The molecule has 0 radical (unpaired) electrons. The van der Waals surface area contributed by atoms with E-state index >= 15 is 0 Å². The lowest BCUT2D eigenvalue weighted by atomic mass is 9.71. The number of allylic oxidation sites excluding steroid dienone is 2. The maximum absolute atomic E-state index is 11.5. The molecule has 1 rings (SSSR count). The molecule has 0 aromatic rings. The van der Waals surface area contributed by atoms with Crippen molar-refractivity contribution in [3.63, 3.8) is 0 Å². The minimum Gasteiger partial charge on any atom is -0.481 e. The summed E-state index contributed by atoms with van der Waals surface area (Å²) in [5.41, 5.74) is -0.766. The van der Waals surface area contributed by atoms with Gasteiger partial charge in [0.15, 0.2) is 0 Å². The number of ether oxygens (including phenoxy) is 1. The summed E-state index contributed by atoms with van der Waals surface area (Å²) in [7, 11) is 0. The van der Waals surface area contributed by atoms with Crippen LogP contribution in [-0.4, -0.2) is 34.9 Å². The van der Waals surface area contributed by atoms with E-state index in [2.05, 4.69) is 0 Å². The van der Waals surface area contributed by atoms with Crippen LogP contribution >= 0.6 is 0 Å². The van der Waals surface area contributed by atoms with Crippen molar-refractivity contribution in [3.8, 4) is 0 Å². The summed E-state index contributed by atoms with van der Waals surface area (Å²) in [6.07, 6.45) is 2.69. The van der Waals surface area contributed by atoms with Crippen LogP contribution in [0.5, 0.6) is 0 Å². The van der Waals surface area contributed by atoms with Gasteiger partial charge in [-0.3, -0.25) is 4.79 Å². The van der Waals surface area contributed by atoms with Crippen LogP contribution in [0.1, 0.15) is 27.2 Å². The third-order valence-electron chi connectivity index (χ3n) is 3.32. The van der Waals surface area contributed by atoms with Crippen molar-refractivity contribution in [3.05, 3.63) is 23.3 Å². The van der Waals surface area contributed by atoms with Crippen LogP contribution in [0.4, 0.5) is 0 Å². The van der Waals surface area contributed by atoms with Gasteiger partial charge in [-0.15, -0.1) is 0 Å². The molecular formula is C13H18O5. The average Bonchev–Trinajstić information content (AvgIpc) is 2.30. The van der Waals surface area contributed by atoms with Crippen molar-refractivity contribution in [2.45, 2.75) is 33.3 Å². The van der Waals surface area contributed by atoms with E-state index in [1.165, 1.54) is 19.1 Å². The van der Waals surface area contributed by atoms with Gasteiger partial charge in [0.2, 0.25) is 0 Å². The number of hydrogen-bond acceptors (Lipinski definition) is 3. The fourth-order valence-corrected chi connectivity index (χ4v) is 1.95. The highest BCUT2D eigenvalue weighted by Crippen LogP contribution is 2.40. The van der Waals surface area contributed by atoms with Gasteiger partial charge in [0.05, 0.1) is 5.57 Å². The normalized spacial score (nSPS) is 27.4. The number of hydrogen-bond donors (Lipinski definition) is 2. The van der Waals surface area contributed by atoms with Gasteiger partial charge < -0.3 is 14.9 Å². The first-order chi connectivity index (χ1) is 8.35. The molecule has 1 aliphatic carbocycles. The van der Waals surface area contributed by atoms with E-state index in [1.807, 2.05) is 6.92 Å². The van der Waals surface area contributed by atoms with Crippen LogP contribution in [0.25, 0.3) is 0 Å². The molecule has 0 aromatic carbocycles. The fraction of sp³-hybridized carbons (Fsp3) is 0.538. The molecule has 0 bridgehead atoms. The van der Waals surface area contributed by atoms with Crippen molar-refractivity contribution >= 4 is 11.9 Å². The summed E-state index contributed by atoms with van der Waals surface area (Å²) in [6.45, 7) is 5.38. The Labute approximate surface area is 106 Å². The third kappa shape index (κ3) is 2.31. The summed E-state index contributed by atoms with van der Waals surface area (Å²) in [4.78, 5) is 22.7. The monoisotopic (exact) mass is 254 g/mol. The molecule has 0 spiro atoms. The highest BCUT2D eigenvalue weighted by Gasteiger charge is 2.48. The van der Waals surface area contributed by atoms with Gasteiger partial charge in [0.1, 0.15) is 11.5 Å². The van der Waals surface area contributed by atoms with E-state index in [-0.39, 0.29) is 5.57 Å². The molecule has 100 valence electrons. The van der Waals surface area contributed by atoms with Crippen LogP contribution in [0, 0.1) is 5.41 Å². The summed E-state index contributed by atoms with van der Waals surface area (Å²) in [6, 6.07) is 0. The fourth-order valence-electron chi connectivity index (χ4n) is 1.95. The smallest absolute Gasteiger partial charge is 0.334 e. The quantitative estimate of drug-likeness (QED) is 0.782. The summed E-state index contributed by atoms with van der Waals surface area (Å²) in [5.74, 6) is -2.23. The summed E-state index contributed by atoms with van der Waals surface area (Å²) in [5, 5.41) is 18.5. The molecule has 5 heteroatoms. The number of aliphatic carboxylic acids is 2. The van der Waals surface area contributed by atoms with Crippen molar-refractivity contribution < 1.29 is 24.5 Å². The highest BCUT2D eigenvalue weighted by molar-refractivity contribution is 5.92. The zero-order valence-corrected chi connectivity index (χ0v) is 10.8. The lowest BCUT2D eigenvalue weighted by Crippen LogP contribution is -2.46. The Bertz CT molecular complexity index is 421. The van der Waals surface area contributed by atoms with Crippen LogP contribution in [0.3, 0.4) is 0 Å². The SMILES string of the molecule is CCCOC1C(C(=O)O)=CC=C(C)C1(C)C(=O)O. The van der Waals surface area contributed by atoms with Gasteiger partial charge in [0.25, 0.3) is 0 Å². The number of carbonyl (C=O) groups is 2. The zero-order valence-electron chi connectivity index (χ0n) is 10.8. The first kappa shape index (κ1) is 14.4. The highest BCUT2D eigenvalue weighted by atomic mass is 16.5. The van der Waals surface area contributed by atoms with Gasteiger partial charge >= 0.3 is 11.9 Å². The Morgan fingerprint density at radius 2 is 2.00 bits per heavy atom. The van der Waals surface area contributed by atoms with Crippen LogP contribution in [0.2, 0.25) is 0 Å². The molecule has 2 atom stereocenters. The number of carboxylic acid groups (broad SMARTS) is 2. The van der Waals surface area contributed by atoms with E-state index in [0.717, 1.165) is 0 Å². The Hall–Kier alpha value is -1.62. The lowest BCUT2D eigenvalue weighted by molar-refractivity contribution is -0.153. The van der Waals surface area contributed by atoms with Gasteiger partial charge in [-0.05, 0) is 26.3 Å². The standard InChI is InChI=1S/C13H18O5/c1-4-7-18-10-9(11(14)15)6-5-8(2)13(10,3)12(16)17/h5-6,10H,4,7H2,1-3H3,(H,14,15)(H,16,17). The first-order valence-corrected chi connectivity index (χ1v) is 5.82. The lowest BCUT2D eigenvalue weighted by Gasteiger charge is -2.37. The van der Waals surface area contributed by atoms with Gasteiger partial charge in [-0.2, -0.15) is 0 Å². The van der Waals surface area contributed by atoms with E-state index < -0.39 is 23.5 Å². The molecule has 0 saturated heterocycles. The summed E-state index contributed by atoms with van der Waals surface area (Å²) < 4.78 is 5.48.